The van der Waals surface area contributed by atoms with Crippen LogP contribution >= 0.6 is 0 Å². The predicted molar refractivity (Wildman–Crippen MR) is 110 cm³/mol. The van der Waals surface area contributed by atoms with Gasteiger partial charge in [0.1, 0.15) is 6.54 Å². The van der Waals surface area contributed by atoms with E-state index in [1.807, 2.05) is 43.3 Å². The van der Waals surface area contributed by atoms with Crippen molar-refractivity contribution in [1.82, 2.24) is 15.3 Å². The Kier molecular flexibility index (Phi) is 6.55. The molecule has 3 rings (SSSR count). The third-order valence-corrected chi connectivity index (χ3v) is 4.96. The molecule has 0 spiro atoms. The smallest absolute Gasteiger partial charge is 0.275 e. The second-order valence-electron chi connectivity index (χ2n) is 7.10. The Morgan fingerprint density at radius 1 is 1.14 bits per heavy atom. The number of quaternary nitrogens is 1. The van der Waals surface area contributed by atoms with E-state index in [4.69, 9.17) is 0 Å². The summed E-state index contributed by atoms with van der Waals surface area (Å²) < 4.78 is 0. The summed E-state index contributed by atoms with van der Waals surface area (Å²) in [5.41, 5.74) is 1.75. The zero-order valence-corrected chi connectivity index (χ0v) is 16.4. The number of amides is 1. The van der Waals surface area contributed by atoms with Crippen LogP contribution in [0, 0.1) is 0 Å². The van der Waals surface area contributed by atoms with Gasteiger partial charge in [0.25, 0.3) is 11.5 Å². The number of hydrogen-bond acceptors (Lipinski definition) is 3. The average Bonchev–Trinajstić information content (AvgIpc) is 2.72. The van der Waals surface area contributed by atoms with Crippen LogP contribution < -0.4 is 15.8 Å². The molecule has 3 aromatic rings. The van der Waals surface area contributed by atoms with Crippen molar-refractivity contribution in [2.45, 2.75) is 26.3 Å². The van der Waals surface area contributed by atoms with E-state index in [0.717, 1.165) is 11.4 Å². The fourth-order valence-corrected chi connectivity index (χ4v) is 3.22. The van der Waals surface area contributed by atoms with Crippen molar-refractivity contribution >= 4 is 16.8 Å². The maximum atomic E-state index is 12.4. The third kappa shape index (κ3) is 5.04. The van der Waals surface area contributed by atoms with Crippen LogP contribution in [0.25, 0.3) is 10.9 Å². The highest BCUT2D eigenvalue weighted by atomic mass is 16.2. The van der Waals surface area contributed by atoms with Crippen LogP contribution in [0.1, 0.15) is 31.2 Å². The summed E-state index contributed by atoms with van der Waals surface area (Å²) in [6.45, 7) is 6.33. The number of likely N-dealkylation sites (N-methyl/N-ethyl adjacent to an activating group) is 1. The number of H-pyrrole nitrogens is 1. The summed E-state index contributed by atoms with van der Waals surface area (Å²) >= 11 is 0. The number of fused-ring (bicyclic) bond motifs is 1. The maximum Gasteiger partial charge on any atom is 0.275 e. The first-order valence-electron chi connectivity index (χ1n) is 9.70. The van der Waals surface area contributed by atoms with Crippen LogP contribution in [-0.2, 0) is 11.3 Å². The largest absolute Gasteiger partial charge is 0.351 e. The second kappa shape index (κ2) is 9.28. The molecule has 0 aliphatic rings. The zero-order valence-electron chi connectivity index (χ0n) is 16.4. The molecule has 146 valence electrons. The van der Waals surface area contributed by atoms with Gasteiger partial charge in [-0.2, -0.15) is 0 Å². The Labute approximate surface area is 164 Å². The van der Waals surface area contributed by atoms with E-state index in [1.165, 1.54) is 5.56 Å². The molecular weight excluding hydrogens is 352 g/mol. The molecule has 1 unspecified atom stereocenters. The van der Waals surface area contributed by atoms with Gasteiger partial charge in [0.15, 0.2) is 12.4 Å². The molecule has 0 bridgehead atoms. The van der Waals surface area contributed by atoms with Crippen LogP contribution in [0.2, 0.25) is 0 Å². The number of nitrogens with zero attached hydrogens (tertiary/aromatic N) is 1. The lowest BCUT2D eigenvalue weighted by molar-refractivity contribution is -0.904. The molecule has 0 saturated carbocycles. The number of nitrogens with one attached hydrogen (secondary N) is 3. The van der Waals surface area contributed by atoms with Crippen molar-refractivity contribution in [3.63, 3.8) is 0 Å². The predicted octanol–water partition coefficient (Wildman–Crippen LogP) is 1.25. The minimum atomic E-state index is -0.141. The third-order valence-electron chi connectivity index (χ3n) is 4.96. The van der Waals surface area contributed by atoms with Crippen LogP contribution in [0.3, 0.4) is 0 Å². The molecule has 2 atom stereocenters. The van der Waals surface area contributed by atoms with E-state index < -0.39 is 0 Å². The summed E-state index contributed by atoms with van der Waals surface area (Å²) in [6, 6.07) is 17.4. The highest BCUT2D eigenvalue weighted by Gasteiger charge is 2.16. The summed E-state index contributed by atoms with van der Waals surface area (Å²) in [7, 11) is 0. The monoisotopic (exact) mass is 379 g/mol. The van der Waals surface area contributed by atoms with E-state index in [-0.39, 0.29) is 17.4 Å². The van der Waals surface area contributed by atoms with Crippen molar-refractivity contribution in [2.75, 3.05) is 19.6 Å². The Morgan fingerprint density at radius 3 is 2.61 bits per heavy atom. The van der Waals surface area contributed by atoms with Crippen LogP contribution in [0.4, 0.5) is 0 Å². The molecule has 1 heterocycles. The van der Waals surface area contributed by atoms with Crippen molar-refractivity contribution in [3.05, 3.63) is 76.3 Å². The van der Waals surface area contributed by atoms with Crippen LogP contribution in [0.5, 0.6) is 0 Å². The molecular formula is C22H27N4O2+. The molecule has 0 aliphatic carbocycles. The molecule has 3 N–H and O–H groups in total. The van der Waals surface area contributed by atoms with Crippen LogP contribution in [-0.4, -0.2) is 35.5 Å². The summed E-state index contributed by atoms with van der Waals surface area (Å²) in [5.74, 6) is 0.863. The Balaban J connectivity index is 1.58. The number of aromatic amines is 1. The molecule has 2 aromatic carbocycles. The average molecular weight is 379 g/mol. The number of hydrogen-bond donors (Lipinski definition) is 3. The summed E-state index contributed by atoms with van der Waals surface area (Å²) in [5, 5.41) is 3.60. The molecule has 1 aromatic heterocycles. The Hall–Kier alpha value is -2.99. The highest BCUT2D eigenvalue weighted by Crippen LogP contribution is 2.12. The minimum absolute atomic E-state index is 0.00256. The molecule has 0 radical (unpaired) electrons. The van der Waals surface area contributed by atoms with E-state index in [9.17, 15) is 9.59 Å². The van der Waals surface area contributed by atoms with Gasteiger partial charge < -0.3 is 15.2 Å². The van der Waals surface area contributed by atoms with Crippen LogP contribution in [0.15, 0.2) is 59.4 Å². The van der Waals surface area contributed by atoms with Gasteiger partial charge >= 0.3 is 0 Å². The molecule has 28 heavy (non-hydrogen) atoms. The second-order valence-corrected chi connectivity index (χ2v) is 7.10. The molecule has 0 aliphatic heterocycles. The van der Waals surface area contributed by atoms with Gasteiger partial charge in [0, 0.05) is 6.54 Å². The first-order chi connectivity index (χ1) is 13.6. The Morgan fingerprint density at radius 2 is 1.86 bits per heavy atom. The van der Waals surface area contributed by atoms with Crippen molar-refractivity contribution in [2.24, 2.45) is 0 Å². The minimum Gasteiger partial charge on any atom is -0.351 e. The molecule has 6 nitrogen and oxygen atoms in total. The van der Waals surface area contributed by atoms with Crippen molar-refractivity contribution in [3.8, 4) is 0 Å². The van der Waals surface area contributed by atoms with E-state index in [0.29, 0.717) is 36.4 Å². The Bertz CT molecular complexity index is 984. The van der Waals surface area contributed by atoms with Gasteiger partial charge in [-0.15, -0.1) is 0 Å². The summed E-state index contributed by atoms with van der Waals surface area (Å²) in [4.78, 5) is 33.0. The standard InChI is InChI=1S/C22H26N4O2/c1-3-26(14-20-24-19-12-8-7-11-18(19)22(28)25-20)15-21(27)23-13-16(2)17-9-5-4-6-10-17/h4-12,16H,3,13-15H2,1-2H3,(H,23,27)(H,24,25,28)/p+1/t16-/m0/s1. The SMILES string of the molecule is CC[NH+](CC(=O)NC[C@H](C)c1ccccc1)Cc1nc2ccccc2c(=O)[nH]1. The van der Waals surface area contributed by atoms with Gasteiger partial charge in [0.05, 0.1) is 17.4 Å². The fourth-order valence-electron chi connectivity index (χ4n) is 3.22. The summed E-state index contributed by atoms with van der Waals surface area (Å²) in [6.07, 6.45) is 0. The number of carbonyl (C=O) groups is 1. The van der Waals surface area contributed by atoms with E-state index in [2.05, 4.69) is 34.3 Å². The van der Waals surface area contributed by atoms with Gasteiger partial charge in [-0.25, -0.2) is 4.98 Å². The molecule has 1 amide bonds. The van der Waals surface area contributed by atoms with Crippen molar-refractivity contribution in [1.29, 1.82) is 0 Å². The molecule has 6 heteroatoms. The number of benzene rings is 2. The van der Waals surface area contributed by atoms with Gasteiger partial charge in [-0.3, -0.25) is 9.59 Å². The van der Waals surface area contributed by atoms with Crippen molar-refractivity contribution < 1.29 is 9.69 Å². The van der Waals surface area contributed by atoms with Gasteiger partial charge in [0.2, 0.25) is 0 Å². The van der Waals surface area contributed by atoms with Gasteiger partial charge in [-0.1, -0.05) is 49.4 Å². The van der Waals surface area contributed by atoms with E-state index >= 15 is 0 Å². The molecule has 0 fully saturated rings. The lowest BCUT2D eigenvalue weighted by Gasteiger charge is -2.18. The topological polar surface area (TPSA) is 79.3 Å². The maximum absolute atomic E-state index is 12.4. The van der Waals surface area contributed by atoms with Gasteiger partial charge in [-0.05, 0) is 30.5 Å². The number of aromatic nitrogens is 2. The lowest BCUT2D eigenvalue weighted by atomic mass is 10.0. The highest BCUT2D eigenvalue weighted by molar-refractivity contribution is 5.77. The number of rotatable bonds is 8. The normalized spacial score (nSPS) is 13.2. The first kappa shape index (κ1) is 19.8. The zero-order chi connectivity index (χ0) is 19.9. The number of para-hydroxylation sites is 1. The quantitative estimate of drug-likeness (QED) is 0.551. The lowest BCUT2D eigenvalue weighted by Crippen LogP contribution is -3.11. The molecule has 0 saturated heterocycles. The van der Waals surface area contributed by atoms with E-state index in [1.54, 1.807) is 6.07 Å². The number of carbonyl (C=O) groups excluding carboxylic acids is 1. The first-order valence-corrected chi connectivity index (χ1v) is 9.70. The fraction of sp³-hybridized carbons (Fsp3) is 0.318.